The minimum atomic E-state index is -0.395. The molecule has 1 aromatic rings. The third-order valence-electron chi connectivity index (χ3n) is 2.80. The molecule has 1 aromatic heterocycles. The Bertz CT molecular complexity index is 416. The number of nitrogens with zero attached hydrogens (tertiary/aromatic N) is 1. The first-order valence-corrected chi connectivity index (χ1v) is 7.13. The van der Waals surface area contributed by atoms with Crippen molar-refractivity contribution in [2.24, 2.45) is 0 Å². The largest absolute Gasteiger partial charge is 0.392 e. The molecule has 2 rings (SSSR count). The predicted molar refractivity (Wildman–Crippen MR) is 78.2 cm³/mol. The molecular weight excluding hydrogens is 340 g/mol. The van der Waals surface area contributed by atoms with Crippen LogP contribution in [0.15, 0.2) is 15.9 Å². The Hall–Kier alpha value is -0.140. The molecule has 0 bridgehead atoms. The van der Waals surface area contributed by atoms with Crippen molar-refractivity contribution in [2.45, 2.75) is 25.1 Å². The summed E-state index contributed by atoms with van der Waals surface area (Å²) < 4.78 is 1.05. The molecule has 1 aliphatic rings. The van der Waals surface area contributed by atoms with Gasteiger partial charge in [0, 0.05) is 28.3 Å². The van der Waals surface area contributed by atoms with Crippen LogP contribution in [0.3, 0.4) is 0 Å². The van der Waals surface area contributed by atoms with Gasteiger partial charge in [0.15, 0.2) is 0 Å². The Kier molecular flexibility index (Phi) is 6.07. The summed E-state index contributed by atoms with van der Waals surface area (Å²) in [4.78, 5) is 14.9. The van der Waals surface area contributed by atoms with Crippen molar-refractivity contribution in [3.8, 4) is 0 Å². The Morgan fingerprint density at radius 3 is 2.94 bits per heavy atom. The Labute approximate surface area is 125 Å². The second-order valence-corrected chi connectivity index (χ2v) is 6.19. The molecule has 2 N–H and O–H groups in total. The maximum atomic E-state index is 12.0. The summed E-state index contributed by atoms with van der Waals surface area (Å²) in [7, 11) is 1.79. The van der Waals surface area contributed by atoms with Crippen LogP contribution < -0.4 is 5.32 Å². The maximum Gasteiger partial charge on any atom is 0.239 e. The van der Waals surface area contributed by atoms with E-state index in [9.17, 15) is 9.90 Å². The molecule has 0 spiro atoms. The van der Waals surface area contributed by atoms with Gasteiger partial charge in [0.05, 0.1) is 18.7 Å². The number of thiophene rings is 1. The molecule has 1 saturated heterocycles. The molecule has 4 nitrogen and oxygen atoms in total. The van der Waals surface area contributed by atoms with E-state index in [1.165, 1.54) is 0 Å². The van der Waals surface area contributed by atoms with Gasteiger partial charge < -0.3 is 15.3 Å². The Morgan fingerprint density at radius 2 is 2.44 bits per heavy atom. The van der Waals surface area contributed by atoms with E-state index < -0.39 is 6.10 Å². The van der Waals surface area contributed by atoms with Crippen molar-refractivity contribution in [1.82, 2.24) is 10.2 Å². The highest BCUT2D eigenvalue weighted by atomic mass is 79.9. The monoisotopic (exact) mass is 354 g/mol. The summed E-state index contributed by atoms with van der Waals surface area (Å²) in [5, 5.41) is 14.4. The molecule has 1 amide bonds. The van der Waals surface area contributed by atoms with Crippen LogP contribution in [0, 0.1) is 0 Å². The van der Waals surface area contributed by atoms with E-state index in [2.05, 4.69) is 21.2 Å². The van der Waals surface area contributed by atoms with E-state index in [1.807, 2.05) is 11.4 Å². The summed E-state index contributed by atoms with van der Waals surface area (Å²) >= 11 is 5.02. The molecule has 102 valence electrons. The minimum Gasteiger partial charge on any atom is -0.392 e. The van der Waals surface area contributed by atoms with Crippen LogP contribution in [0.1, 0.15) is 11.3 Å². The van der Waals surface area contributed by atoms with Gasteiger partial charge in [-0.1, -0.05) is 0 Å². The number of halogens is 2. The van der Waals surface area contributed by atoms with E-state index in [0.717, 1.165) is 9.35 Å². The molecule has 7 heteroatoms. The van der Waals surface area contributed by atoms with Crippen LogP contribution in [0.5, 0.6) is 0 Å². The first kappa shape index (κ1) is 15.9. The lowest BCUT2D eigenvalue weighted by Gasteiger charge is -2.20. The number of hydrogen-bond acceptors (Lipinski definition) is 4. The number of carbonyl (C=O) groups is 1. The number of aliphatic hydroxyl groups excluding tert-OH is 1. The molecule has 1 aliphatic heterocycles. The third-order valence-corrected chi connectivity index (χ3v) is 4.48. The van der Waals surface area contributed by atoms with Gasteiger partial charge in [-0.05, 0) is 28.4 Å². The Balaban J connectivity index is 0.00000162. The number of β-amino-alcohol motifs (C(OH)–C–C–N with tert-alkyl or cyclic N) is 1. The van der Waals surface area contributed by atoms with Gasteiger partial charge in [-0.25, -0.2) is 0 Å². The SMILES string of the molecule is CN(Cc1cc(Br)cs1)C(=O)C1CC(O)CN1.Cl. The van der Waals surface area contributed by atoms with Gasteiger partial charge in [-0.2, -0.15) is 0 Å². The highest BCUT2D eigenvalue weighted by molar-refractivity contribution is 9.10. The molecule has 2 heterocycles. The van der Waals surface area contributed by atoms with E-state index in [-0.39, 0.29) is 24.4 Å². The number of rotatable bonds is 3. The number of hydrogen-bond donors (Lipinski definition) is 2. The third kappa shape index (κ3) is 3.93. The van der Waals surface area contributed by atoms with Gasteiger partial charge >= 0.3 is 0 Å². The average Bonchev–Trinajstić information content (AvgIpc) is 2.87. The van der Waals surface area contributed by atoms with Crippen LogP contribution in [0.4, 0.5) is 0 Å². The lowest BCUT2D eigenvalue weighted by atomic mass is 10.2. The van der Waals surface area contributed by atoms with Gasteiger partial charge in [-0.15, -0.1) is 23.7 Å². The quantitative estimate of drug-likeness (QED) is 0.866. The summed E-state index contributed by atoms with van der Waals surface area (Å²) in [5.74, 6) is 0.0473. The second kappa shape index (κ2) is 6.86. The highest BCUT2D eigenvalue weighted by Crippen LogP contribution is 2.21. The highest BCUT2D eigenvalue weighted by Gasteiger charge is 2.30. The fourth-order valence-corrected chi connectivity index (χ4v) is 3.42. The van der Waals surface area contributed by atoms with Crippen LogP contribution in [-0.4, -0.2) is 41.7 Å². The first-order chi connectivity index (χ1) is 8.06. The van der Waals surface area contributed by atoms with E-state index in [0.29, 0.717) is 19.5 Å². The molecule has 0 radical (unpaired) electrons. The number of likely N-dealkylation sites (N-methyl/N-ethyl adjacent to an activating group) is 1. The smallest absolute Gasteiger partial charge is 0.239 e. The van der Waals surface area contributed by atoms with Gasteiger partial charge in [0.25, 0.3) is 0 Å². The van der Waals surface area contributed by atoms with Crippen LogP contribution in [-0.2, 0) is 11.3 Å². The average molecular weight is 356 g/mol. The topological polar surface area (TPSA) is 52.6 Å². The van der Waals surface area contributed by atoms with Crippen LogP contribution in [0.25, 0.3) is 0 Å². The second-order valence-electron chi connectivity index (χ2n) is 4.28. The molecule has 18 heavy (non-hydrogen) atoms. The summed E-state index contributed by atoms with van der Waals surface area (Å²) in [6.45, 7) is 1.12. The van der Waals surface area contributed by atoms with Crippen molar-refractivity contribution in [3.05, 3.63) is 20.8 Å². The van der Waals surface area contributed by atoms with Crippen molar-refractivity contribution < 1.29 is 9.90 Å². The number of amides is 1. The lowest BCUT2D eigenvalue weighted by molar-refractivity contribution is -0.132. The zero-order valence-electron chi connectivity index (χ0n) is 9.93. The zero-order valence-corrected chi connectivity index (χ0v) is 13.1. The van der Waals surface area contributed by atoms with Gasteiger partial charge in [-0.3, -0.25) is 4.79 Å². The predicted octanol–water partition coefficient (Wildman–Crippen LogP) is 1.61. The normalized spacial score (nSPS) is 22.6. The fraction of sp³-hybridized carbons (Fsp3) is 0.545. The number of nitrogens with one attached hydrogen (secondary N) is 1. The molecule has 1 fully saturated rings. The molecule has 2 unspecified atom stereocenters. The molecule has 0 saturated carbocycles. The summed E-state index contributed by atoms with van der Waals surface area (Å²) in [6.07, 6.45) is 0.116. The summed E-state index contributed by atoms with van der Waals surface area (Å²) in [5.41, 5.74) is 0. The molecule has 2 atom stereocenters. The lowest BCUT2D eigenvalue weighted by Crippen LogP contribution is -2.41. The van der Waals surface area contributed by atoms with E-state index in [1.54, 1.807) is 23.3 Å². The first-order valence-electron chi connectivity index (χ1n) is 5.45. The minimum absolute atomic E-state index is 0. The van der Waals surface area contributed by atoms with Crippen molar-refractivity contribution >= 4 is 45.6 Å². The zero-order chi connectivity index (χ0) is 12.4. The Morgan fingerprint density at radius 1 is 1.72 bits per heavy atom. The number of aliphatic hydroxyl groups is 1. The van der Waals surface area contributed by atoms with Crippen LogP contribution in [0.2, 0.25) is 0 Å². The maximum absolute atomic E-state index is 12.0. The molecule has 0 aliphatic carbocycles. The van der Waals surface area contributed by atoms with Crippen molar-refractivity contribution in [3.63, 3.8) is 0 Å². The number of carbonyl (C=O) groups excluding carboxylic acids is 1. The van der Waals surface area contributed by atoms with E-state index >= 15 is 0 Å². The molecular formula is C11H16BrClN2O2S. The molecule has 0 aromatic carbocycles. The van der Waals surface area contributed by atoms with Gasteiger partial charge in [0.2, 0.25) is 5.91 Å². The van der Waals surface area contributed by atoms with Gasteiger partial charge in [0.1, 0.15) is 0 Å². The fourth-order valence-electron chi connectivity index (χ4n) is 1.92. The standard InChI is InChI=1S/C11H15BrN2O2S.ClH/c1-14(5-9-2-7(12)6-17-9)11(16)10-3-8(15)4-13-10;/h2,6,8,10,13,15H,3-5H2,1H3;1H. The summed E-state index contributed by atoms with van der Waals surface area (Å²) in [6, 6.07) is 1.78. The van der Waals surface area contributed by atoms with Crippen molar-refractivity contribution in [1.29, 1.82) is 0 Å². The van der Waals surface area contributed by atoms with Crippen molar-refractivity contribution in [2.75, 3.05) is 13.6 Å². The van der Waals surface area contributed by atoms with Crippen LogP contribution >= 0.6 is 39.7 Å². The van der Waals surface area contributed by atoms with E-state index in [4.69, 9.17) is 0 Å².